The molecule has 0 unspecified atom stereocenters. The maximum atomic E-state index is 5.50. The second kappa shape index (κ2) is 10.6. The summed E-state index contributed by atoms with van der Waals surface area (Å²) >= 11 is 0. The van der Waals surface area contributed by atoms with E-state index in [0.29, 0.717) is 19.8 Å². The largest absolute Gasteiger partial charge is 0.353 e. The first-order valence-corrected chi connectivity index (χ1v) is 6.66. The summed E-state index contributed by atoms with van der Waals surface area (Å²) < 4.78 is 16.5. The van der Waals surface area contributed by atoms with Crippen LogP contribution in [-0.4, -0.2) is 25.8 Å². The van der Waals surface area contributed by atoms with Crippen molar-refractivity contribution < 1.29 is 14.2 Å². The fraction of sp³-hybridized carbons (Fsp3) is 0.857. The van der Waals surface area contributed by atoms with Crippen LogP contribution >= 0.6 is 0 Å². The molecule has 0 rings (SSSR count). The van der Waals surface area contributed by atoms with Gasteiger partial charge < -0.3 is 14.2 Å². The Kier molecular flexibility index (Phi) is 10.2. The van der Waals surface area contributed by atoms with Crippen LogP contribution in [-0.2, 0) is 14.2 Å². The van der Waals surface area contributed by atoms with E-state index in [-0.39, 0.29) is 0 Å². The van der Waals surface area contributed by atoms with Gasteiger partial charge in [0.25, 0.3) is 0 Å². The minimum absolute atomic E-state index is 0.518. The number of hydrogen-bond acceptors (Lipinski definition) is 3. The van der Waals surface area contributed by atoms with Gasteiger partial charge in [0.15, 0.2) is 0 Å². The van der Waals surface area contributed by atoms with Crippen LogP contribution in [0.2, 0.25) is 0 Å². The summed E-state index contributed by atoms with van der Waals surface area (Å²) in [5, 5.41) is 0. The van der Waals surface area contributed by atoms with Crippen molar-refractivity contribution in [2.45, 2.75) is 59.4 Å². The van der Waals surface area contributed by atoms with Crippen molar-refractivity contribution in [3.05, 3.63) is 0 Å². The molecule has 3 nitrogen and oxygen atoms in total. The standard InChI is InChI=1S/C14H26O3/c1-5-9-10-11-12-13-14(15-6-2,16-7-3)17-8-4/h5-11H2,1-4H3. The molecular weight excluding hydrogens is 216 g/mol. The van der Waals surface area contributed by atoms with Gasteiger partial charge >= 0.3 is 5.97 Å². The topological polar surface area (TPSA) is 27.7 Å². The molecule has 0 aromatic rings. The number of unbranched alkanes of at least 4 members (excludes halogenated alkanes) is 3. The van der Waals surface area contributed by atoms with E-state index in [1.807, 2.05) is 20.8 Å². The van der Waals surface area contributed by atoms with Crippen molar-refractivity contribution in [2.24, 2.45) is 0 Å². The van der Waals surface area contributed by atoms with Crippen LogP contribution in [0, 0.1) is 11.8 Å². The zero-order chi connectivity index (χ0) is 13.0. The van der Waals surface area contributed by atoms with Crippen LogP contribution in [0.1, 0.15) is 53.4 Å². The maximum Gasteiger partial charge on any atom is 0.353 e. The molecule has 0 N–H and O–H groups in total. The average molecular weight is 242 g/mol. The van der Waals surface area contributed by atoms with Gasteiger partial charge in [0.2, 0.25) is 0 Å². The molecule has 0 aromatic heterocycles. The molecular formula is C14H26O3. The summed E-state index contributed by atoms with van der Waals surface area (Å²) in [6, 6.07) is 0. The molecule has 0 bridgehead atoms. The van der Waals surface area contributed by atoms with Crippen molar-refractivity contribution in [1.82, 2.24) is 0 Å². The van der Waals surface area contributed by atoms with Gasteiger partial charge in [-0.3, -0.25) is 0 Å². The second-order valence-electron chi connectivity index (χ2n) is 3.61. The first kappa shape index (κ1) is 16.4. The van der Waals surface area contributed by atoms with Gasteiger partial charge in [-0.1, -0.05) is 25.7 Å². The van der Waals surface area contributed by atoms with Crippen molar-refractivity contribution in [3.8, 4) is 11.8 Å². The van der Waals surface area contributed by atoms with E-state index in [0.717, 1.165) is 12.8 Å². The fourth-order valence-corrected chi connectivity index (χ4v) is 1.44. The molecule has 0 radical (unpaired) electrons. The molecule has 0 aliphatic rings. The van der Waals surface area contributed by atoms with E-state index in [1.54, 1.807) is 0 Å². The Morgan fingerprint density at radius 2 is 1.35 bits per heavy atom. The highest BCUT2D eigenvalue weighted by Gasteiger charge is 2.29. The predicted molar refractivity (Wildman–Crippen MR) is 69.5 cm³/mol. The molecule has 3 heteroatoms. The van der Waals surface area contributed by atoms with E-state index < -0.39 is 5.97 Å². The lowest BCUT2D eigenvalue weighted by molar-refractivity contribution is -0.339. The van der Waals surface area contributed by atoms with E-state index >= 15 is 0 Å². The molecule has 0 saturated heterocycles. The highest BCUT2D eigenvalue weighted by Crippen LogP contribution is 2.14. The van der Waals surface area contributed by atoms with Gasteiger partial charge in [0.1, 0.15) is 0 Å². The Balaban J connectivity index is 4.40. The van der Waals surface area contributed by atoms with Gasteiger partial charge in [-0.15, -0.1) is 0 Å². The average Bonchev–Trinajstić information content (AvgIpc) is 2.30. The van der Waals surface area contributed by atoms with Crippen molar-refractivity contribution in [3.63, 3.8) is 0 Å². The maximum absolute atomic E-state index is 5.50. The van der Waals surface area contributed by atoms with Gasteiger partial charge in [-0.2, -0.15) is 0 Å². The molecule has 0 aliphatic carbocycles. The summed E-state index contributed by atoms with van der Waals surface area (Å²) in [5.74, 6) is 4.91. The Morgan fingerprint density at radius 1 is 0.824 bits per heavy atom. The van der Waals surface area contributed by atoms with E-state index in [9.17, 15) is 0 Å². The van der Waals surface area contributed by atoms with Crippen molar-refractivity contribution in [1.29, 1.82) is 0 Å². The second-order valence-corrected chi connectivity index (χ2v) is 3.61. The van der Waals surface area contributed by atoms with Gasteiger partial charge in [-0.25, -0.2) is 0 Å². The van der Waals surface area contributed by atoms with Crippen molar-refractivity contribution >= 4 is 0 Å². The Morgan fingerprint density at radius 3 is 1.76 bits per heavy atom. The minimum atomic E-state index is -1.16. The summed E-state index contributed by atoms with van der Waals surface area (Å²) in [7, 11) is 0. The van der Waals surface area contributed by atoms with Gasteiger partial charge in [0.05, 0.1) is 19.8 Å². The number of rotatable bonds is 9. The summed E-state index contributed by atoms with van der Waals surface area (Å²) in [6.45, 7) is 9.46. The molecule has 0 heterocycles. The first-order chi connectivity index (χ1) is 8.24. The molecule has 0 aliphatic heterocycles. The Hall–Kier alpha value is -0.560. The van der Waals surface area contributed by atoms with E-state index in [4.69, 9.17) is 14.2 Å². The summed E-state index contributed by atoms with van der Waals surface area (Å²) in [5.41, 5.74) is 0. The third kappa shape index (κ3) is 7.38. The molecule has 0 amide bonds. The highest BCUT2D eigenvalue weighted by atomic mass is 16.9. The quantitative estimate of drug-likeness (QED) is 0.352. The SMILES string of the molecule is CCCCCC#CC(OCC)(OCC)OCC. The lowest BCUT2D eigenvalue weighted by Crippen LogP contribution is -2.38. The monoisotopic (exact) mass is 242 g/mol. The molecule has 100 valence electrons. The minimum Gasteiger partial charge on any atom is -0.317 e. The summed E-state index contributed by atoms with van der Waals surface area (Å²) in [4.78, 5) is 0. The molecule has 0 aromatic carbocycles. The fourth-order valence-electron chi connectivity index (χ4n) is 1.44. The highest BCUT2D eigenvalue weighted by molar-refractivity contribution is 5.06. The molecule has 0 saturated carbocycles. The van der Waals surface area contributed by atoms with Crippen LogP contribution in [0.5, 0.6) is 0 Å². The third-order valence-electron chi connectivity index (χ3n) is 2.15. The molecule has 0 atom stereocenters. The Labute approximate surface area is 106 Å². The normalized spacial score (nSPS) is 11.1. The zero-order valence-corrected chi connectivity index (χ0v) is 11.7. The van der Waals surface area contributed by atoms with Gasteiger partial charge in [-0.05, 0) is 33.1 Å². The lowest BCUT2D eigenvalue weighted by Gasteiger charge is -2.26. The van der Waals surface area contributed by atoms with Crippen molar-refractivity contribution in [2.75, 3.05) is 19.8 Å². The van der Waals surface area contributed by atoms with E-state index in [1.165, 1.54) is 12.8 Å². The van der Waals surface area contributed by atoms with Crippen LogP contribution in [0.3, 0.4) is 0 Å². The molecule has 0 fully saturated rings. The van der Waals surface area contributed by atoms with Crippen LogP contribution < -0.4 is 0 Å². The Bertz CT molecular complexity index is 210. The molecule has 17 heavy (non-hydrogen) atoms. The third-order valence-corrected chi connectivity index (χ3v) is 2.15. The van der Waals surface area contributed by atoms with Gasteiger partial charge in [0, 0.05) is 6.42 Å². The molecule has 0 spiro atoms. The van der Waals surface area contributed by atoms with Crippen LogP contribution in [0.15, 0.2) is 0 Å². The van der Waals surface area contributed by atoms with Crippen LogP contribution in [0.25, 0.3) is 0 Å². The van der Waals surface area contributed by atoms with Crippen LogP contribution in [0.4, 0.5) is 0 Å². The predicted octanol–water partition coefficient (Wildman–Crippen LogP) is 3.33. The van der Waals surface area contributed by atoms with E-state index in [2.05, 4.69) is 18.8 Å². The number of hydrogen-bond donors (Lipinski definition) is 0. The summed E-state index contributed by atoms with van der Waals surface area (Å²) in [6.07, 6.45) is 4.39. The first-order valence-electron chi connectivity index (χ1n) is 6.66. The number of ether oxygens (including phenoxy) is 3. The lowest BCUT2D eigenvalue weighted by atomic mass is 10.2. The zero-order valence-electron chi connectivity index (χ0n) is 11.7. The smallest absolute Gasteiger partial charge is 0.317 e.